The van der Waals surface area contributed by atoms with Crippen LogP contribution in [-0.4, -0.2) is 36.1 Å². The van der Waals surface area contributed by atoms with E-state index in [1.165, 1.54) is 31.1 Å². The zero-order valence-electron chi connectivity index (χ0n) is 8.82. The van der Waals surface area contributed by atoms with Crippen molar-refractivity contribution >= 4 is 17.7 Å². The van der Waals surface area contributed by atoms with Crippen molar-refractivity contribution in [2.75, 3.05) is 19.4 Å². The van der Waals surface area contributed by atoms with Crippen LogP contribution in [0.4, 0.5) is 14.9 Å². The van der Waals surface area contributed by atoms with Crippen molar-refractivity contribution < 1.29 is 19.1 Å². The number of aromatic carboxylic acids is 1. The molecule has 86 valence electrons. The third kappa shape index (κ3) is 2.47. The summed E-state index contributed by atoms with van der Waals surface area (Å²) in [7, 11) is 2.94. The fourth-order valence-corrected chi connectivity index (χ4v) is 1.05. The molecule has 1 aromatic rings. The molecule has 0 aliphatic heterocycles. The van der Waals surface area contributed by atoms with Crippen molar-refractivity contribution in [3.05, 3.63) is 29.6 Å². The van der Waals surface area contributed by atoms with E-state index in [1.54, 1.807) is 0 Å². The van der Waals surface area contributed by atoms with E-state index in [4.69, 9.17) is 5.11 Å². The number of para-hydroxylation sites is 1. The Morgan fingerprint density at radius 1 is 1.38 bits per heavy atom. The number of hydrogen-bond donors (Lipinski definition) is 2. The van der Waals surface area contributed by atoms with Gasteiger partial charge in [0.25, 0.3) is 0 Å². The van der Waals surface area contributed by atoms with Crippen LogP contribution in [0.2, 0.25) is 0 Å². The van der Waals surface area contributed by atoms with Crippen molar-refractivity contribution in [1.82, 2.24) is 4.90 Å². The van der Waals surface area contributed by atoms with Gasteiger partial charge in [-0.05, 0) is 12.1 Å². The number of hydrogen-bond acceptors (Lipinski definition) is 2. The van der Waals surface area contributed by atoms with E-state index in [0.717, 1.165) is 6.07 Å². The fourth-order valence-electron chi connectivity index (χ4n) is 1.05. The van der Waals surface area contributed by atoms with Crippen molar-refractivity contribution in [1.29, 1.82) is 0 Å². The van der Waals surface area contributed by atoms with E-state index in [9.17, 15) is 14.0 Å². The number of anilines is 1. The van der Waals surface area contributed by atoms with Crippen LogP contribution in [0.25, 0.3) is 0 Å². The average Bonchev–Trinajstić information content (AvgIpc) is 2.20. The standard InChI is InChI=1S/C10H11FN2O3/c1-13(2)10(16)12-8-6(9(14)15)4-3-5-7(8)11/h3-5H,1-2H3,(H,12,16)(H,14,15). The maximum Gasteiger partial charge on any atom is 0.337 e. The Morgan fingerprint density at radius 3 is 2.50 bits per heavy atom. The number of nitrogens with zero attached hydrogens (tertiary/aromatic N) is 1. The van der Waals surface area contributed by atoms with Crippen molar-refractivity contribution in [3.8, 4) is 0 Å². The maximum atomic E-state index is 13.3. The first-order valence-corrected chi connectivity index (χ1v) is 4.43. The number of carboxylic acids is 1. The molecule has 0 bridgehead atoms. The minimum atomic E-state index is -1.30. The SMILES string of the molecule is CN(C)C(=O)Nc1c(F)cccc1C(=O)O. The first-order valence-electron chi connectivity index (χ1n) is 4.43. The number of rotatable bonds is 2. The van der Waals surface area contributed by atoms with E-state index < -0.39 is 17.8 Å². The zero-order chi connectivity index (χ0) is 12.3. The van der Waals surface area contributed by atoms with E-state index in [-0.39, 0.29) is 11.3 Å². The lowest BCUT2D eigenvalue weighted by Crippen LogP contribution is -2.28. The lowest BCUT2D eigenvalue weighted by atomic mass is 10.1. The molecule has 0 aliphatic carbocycles. The van der Waals surface area contributed by atoms with E-state index in [0.29, 0.717) is 0 Å². The lowest BCUT2D eigenvalue weighted by molar-refractivity contribution is 0.0697. The molecular weight excluding hydrogens is 215 g/mol. The number of amides is 2. The van der Waals surface area contributed by atoms with Gasteiger partial charge in [-0.15, -0.1) is 0 Å². The van der Waals surface area contributed by atoms with Crippen LogP contribution < -0.4 is 5.32 Å². The Hall–Kier alpha value is -2.11. The molecule has 0 unspecified atom stereocenters. The number of carbonyl (C=O) groups excluding carboxylic acids is 1. The summed E-state index contributed by atoms with van der Waals surface area (Å²) in [6.07, 6.45) is 0. The number of halogens is 1. The topological polar surface area (TPSA) is 69.6 Å². The highest BCUT2D eigenvalue weighted by atomic mass is 19.1. The van der Waals surface area contributed by atoms with Crippen LogP contribution in [0.5, 0.6) is 0 Å². The number of carboxylic acid groups (broad SMARTS) is 1. The van der Waals surface area contributed by atoms with Gasteiger partial charge in [-0.25, -0.2) is 14.0 Å². The van der Waals surface area contributed by atoms with E-state index in [2.05, 4.69) is 5.32 Å². The fraction of sp³-hybridized carbons (Fsp3) is 0.200. The molecule has 0 aliphatic rings. The highest BCUT2D eigenvalue weighted by Crippen LogP contribution is 2.20. The maximum absolute atomic E-state index is 13.3. The van der Waals surface area contributed by atoms with Gasteiger partial charge in [0, 0.05) is 14.1 Å². The van der Waals surface area contributed by atoms with Crippen LogP contribution in [0.3, 0.4) is 0 Å². The third-order valence-corrected chi connectivity index (χ3v) is 1.88. The first-order chi connectivity index (χ1) is 7.43. The minimum Gasteiger partial charge on any atom is -0.478 e. The Morgan fingerprint density at radius 2 is 2.00 bits per heavy atom. The second-order valence-corrected chi connectivity index (χ2v) is 3.29. The predicted octanol–water partition coefficient (Wildman–Crippen LogP) is 1.62. The van der Waals surface area contributed by atoms with Crippen LogP contribution in [0, 0.1) is 5.82 Å². The monoisotopic (exact) mass is 226 g/mol. The lowest BCUT2D eigenvalue weighted by Gasteiger charge is -2.14. The van der Waals surface area contributed by atoms with Gasteiger partial charge < -0.3 is 15.3 Å². The van der Waals surface area contributed by atoms with Gasteiger partial charge in [-0.1, -0.05) is 6.07 Å². The number of urea groups is 1. The van der Waals surface area contributed by atoms with Gasteiger partial charge in [0.05, 0.1) is 11.3 Å². The Bertz CT molecular complexity index is 432. The molecule has 0 heterocycles. The Kier molecular flexibility index (Phi) is 3.44. The van der Waals surface area contributed by atoms with Gasteiger partial charge in [-0.3, -0.25) is 0 Å². The van der Waals surface area contributed by atoms with Gasteiger partial charge in [0.2, 0.25) is 0 Å². The van der Waals surface area contributed by atoms with Crippen LogP contribution in [0.15, 0.2) is 18.2 Å². The summed E-state index contributed by atoms with van der Waals surface area (Å²) in [6.45, 7) is 0. The van der Waals surface area contributed by atoms with E-state index >= 15 is 0 Å². The van der Waals surface area contributed by atoms with Gasteiger partial charge in [0.15, 0.2) is 0 Å². The number of benzene rings is 1. The number of nitrogens with one attached hydrogen (secondary N) is 1. The van der Waals surface area contributed by atoms with Crippen LogP contribution in [-0.2, 0) is 0 Å². The predicted molar refractivity (Wildman–Crippen MR) is 56.1 cm³/mol. The minimum absolute atomic E-state index is 0.282. The number of carbonyl (C=O) groups is 2. The average molecular weight is 226 g/mol. The summed E-state index contributed by atoms with van der Waals surface area (Å²) in [5, 5.41) is 11.0. The van der Waals surface area contributed by atoms with Crippen molar-refractivity contribution in [2.45, 2.75) is 0 Å². The quantitative estimate of drug-likeness (QED) is 0.805. The second-order valence-electron chi connectivity index (χ2n) is 3.29. The van der Waals surface area contributed by atoms with Gasteiger partial charge in [-0.2, -0.15) is 0 Å². The Labute approximate surface area is 91.5 Å². The molecule has 16 heavy (non-hydrogen) atoms. The molecule has 1 rings (SSSR count). The molecule has 0 radical (unpaired) electrons. The zero-order valence-corrected chi connectivity index (χ0v) is 8.82. The van der Waals surface area contributed by atoms with Crippen LogP contribution >= 0.6 is 0 Å². The molecule has 0 spiro atoms. The molecule has 6 heteroatoms. The largest absolute Gasteiger partial charge is 0.478 e. The highest BCUT2D eigenvalue weighted by Gasteiger charge is 2.16. The van der Waals surface area contributed by atoms with Crippen LogP contribution in [0.1, 0.15) is 10.4 Å². The molecule has 2 amide bonds. The summed E-state index contributed by atoms with van der Waals surface area (Å²) >= 11 is 0. The van der Waals surface area contributed by atoms with E-state index in [1.807, 2.05) is 0 Å². The molecule has 0 fully saturated rings. The molecule has 1 aromatic carbocycles. The molecule has 0 saturated heterocycles. The Balaban J connectivity index is 3.11. The summed E-state index contributed by atoms with van der Waals surface area (Å²) < 4.78 is 13.3. The van der Waals surface area contributed by atoms with Crippen molar-refractivity contribution in [3.63, 3.8) is 0 Å². The summed E-state index contributed by atoms with van der Waals surface area (Å²) in [5.41, 5.74) is -0.607. The molecular formula is C10H11FN2O3. The van der Waals surface area contributed by atoms with Gasteiger partial charge >= 0.3 is 12.0 Å². The first kappa shape index (κ1) is 12.0. The normalized spacial score (nSPS) is 9.69. The molecule has 5 nitrogen and oxygen atoms in total. The summed E-state index contributed by atoms with van der Waals surface area (Å²) in [6, 6.07) is 2.98. The third-order valence-electron chi connectivity index (χ3n) is 1.88. The second kappa shape index (κ2) is 4.61. The molecule has 0 saturated carbocycles. The smallest absolute Gasteiger partial charge is 0.337 e. The molecule has 0 aromatic heterocycles. The van der Waals surface area contributed by atoms with Gasteiger partial charge in [0.1, 0.15) is 5.82 Å². The molecule has 2 N–H and O–H groups in total. The highest BCUT2D eigenvalue weighted by molar-refractivity contribution is 6.00. The van der Waals surface area contributed by atoms with Crippen molar-refractivity contribution in [2.24, 2.45) is 0 Å². The molecule has 0 atom stereocenters. The summed E-state index contributed by atoms with van der Waals surface area (Å²) in [5.74, 6) is -2.08. The summed E-state index contributed by atoms with van der Waals surface area (Å²) in [4.78, 5) is 23.3.